The van der Waals surface area contributed by atoms with Crippen LogP contribution in [0.25, 0.3) is 11.3 Å². The summed E-state index contributed by atoms with van der Waals surface area (Å²) in [5.41, 5.74) is 0.782. The Morgan fingerprint density at radius 1 is 1.23 bits per heavy atom. The van der Waals surface area contributed by atoms with Crippen LogP contribution < -0.4 is 5.32 Å². The highest BCUT2D eigenvalue weighted by Gasteiger charge is 2.27. The fourth-order valence-corrected chi connectivity index (χ4v) is 3.20. The Morgan fingerprint density at radius 2 is 2.00 bits per heavy atom. The number of carbonyl (C=O) groups is 2. The molecule has 1 atom stereocenters. The number of benzene rings is 1. The van der Waals surface area contributed by atoms with Crippen LogP contribution in [0.1, 0.15) is 31.9 Å². The molecule has 0 radical (unpaired) electrons. The summed E-state index contributed by atoms with van der Waals surface area (Å²) in [6.07, 6.45) is 2.10. The second-order valence-electron chi connectivity index (χ2n) is 6.52. The highest BCUT2D eigenvalue weighted by molar-refractivity contribution is 5.81. The van der Waals surface area contributed by atoms with E-state index in [0.29, 0.717) is 24.5 Å². The number of hydrogen-bond acceptors (Lipinski definition) is 3. The zero-order valence-electron chi connectivity index (χ0n) is 14.8. The Balaban J connectivity index is 1.55. The molecule has 1 saturated heterocycles. The largest absolute Gasteiger partial charge is 0.459 e. The van der Waals surface area contributed by atoms with E-state index in [2.05, 4.69) is 5.32 Å². The lowest BCUT2D eigenvalue weighted by molar-refractivity contribution is -0.135. The normalized spacial score (nSPS) is 17.2. The predicted molar refractivity (Wildman–Crippen MR) is 95.5 cm³/mol. The standard InChI is InChI=1S/C20H23FN2O3/c1-2-19(24)23-11-3-4-15(13-23)20(25)22-12-17-9-10-18(26-17)14-5-7-16(21)8-6-14/h5-10,15H,2-4,11-13H2,1H3,(H,22,25)/t15-/m0/s1. The zero-order valence-corrected chi connectivity index (χ0v) is 14.8. The van der Waals surface area contributed by atoms with Gasteiger partial charge in [-0.15, -0.1) is 0 Å². The van der Waals surface area contributed by atoms with E-state index < -0.39 is 0 Å². The van der Waals surface area contributed by atoms with Crippen LogP contribution in [-0.4, -0.2) is 29.8 Å². The fraction of sp³-hybridized carbons (Fsp3) is 0.400. The molecule has 6 heteroatoms. The maximum atomic E-state index is 13.0. The molecule has 138 valence electrons. The van der Waals surface area contributed by atoms with Crippen molar-refractivity contribution >= 4 is 11.8 Å². The van der Waals surface area contributed by atoms with Crippen molar-refractivity contribution in [2.24, 2.45) is 5.92 Å². The fourth-order valence-electron chi connectivity index (χ4n) is 3.20. The summed E-state index contributed by atoms with van der Waals surface area (Å²) in [5, 5.41) is 2.89. The minimum Gasteiger partial charge on any atom is -0.459 e. The molecule has 0 bridgehead atoms. The lowest BCUT2D eigenvalue weighted by atomic mass is 9.97. The van der Waals surface area contributed by atoms with E-state index in [1.54, 1.807) is 29.2 Å². The Labute approximate surface area is 152 Å². The summed E-state index contributed by atoms with van der Waals surface area (Å²) < 4.78 is 18.7. The van der Waals surface area contributed by atoms with Crippen LogP contribution in [0.4, 0.5) is 4.39 Å². The van der Waals surface area contributed by atoms with Gasteiger partial charge in [-0.3, -0.25) is 9.59 Å². The maximum Gasteiger partial charge on any atom is 0.225 e. The molecule has 1 aliphatic rings. The first-order valence-electron chi connectivity index (χ1n) is 8.97. The number of carbonyl (C=O) groups excluding carboxylic acids is 2. The van der Waals surface area contributed by atoms with Crippen molar-refractivity contribution in [2.75, 3.05) is 13.1 Å². The number of likely N-dealkylation sites (tertiary alicyclic amines) is 1. The first-order chi connectivity index (χ1) is 12.6. The van der Waals surface area contributed by atoms with Crippen LogP contribution in [0.5, 0.6) is 0 Å². The highest BCUT2D eigenvalue weighted by atomic mass is 19.1. The summed E-state index contributed by atoms with van der Waals surface area (Å²) in [6, 6.07) is 9.66. The summed E-state index contributed by atoms with van der Waals surface area (Å²) in [6.45, 7) is 3.34. The van der Waals surface area contributed by atoms with Gasteiger partial charge in [-0.1, -0.05) is 6.92 Å². The van der Waals surface area contributed by atoms with Crippen molar-refractivity contribution in [1.29, 1.82) is 0 Å². The van der Waals surface area contributed by atoms with E-state index in [1.807, 2.05) is 6.92 Å². The van der Waals surface area contributed by atoms with Crippen molar-refractivity contribution < 1.29 is 18.4 Å². The predicted octanol–water partition coefficient (Wildman–Crippen LogP) is 3.35. The van der Waals surface area contributed by atoms with E-state index in [9.17, 15) is 14.0 Å². The molecule has 26 heavy (non-hydrogen) atoms. The van der Waals surface area contributed by atoms with Gasteiger partial charge in [0.1, 0.15) is 17.3 Å². The van der Waals surface area contributed by atoms with Gasteiger partial charge in [0.05, 0.1) is 12.5 Å². The Hall–Kier alpha value is -2.63. The molecule has 1 fully saturated rings. The van der Waals surface area contributed by atoms with E-state index in [4.69, 9.17) is 4.42 Å². The summed E-state index contributed by atoms with van der Waals surface area (Å²) in [7, 11) is 0. The van der Waals surface area contributed by atoms with Gasteiger partial charge >= 0.3 is 0 Å². The molecule has 2 amide bonds. The molecule has 1 N–H and O–H groups in total. The first kappa shape index (κ1) is 18.2. The molecule has 1 aromatic heterocycles. The van der Waals surface area contributed by atoms with Crippen LogP contribution in [0.15, 0.2) is 40.8 Å². The summed E-state index contributed by atoms with van der Waals surface area (Å²) >= 11 is 0. The molecule has 0 saturated carbocycles. The molecule has 0 unspecified atom stereocenters. The molecular formula is C20H23FN2O3. The number of halogens is 1. The minimum atomic E-state index is -0.295. The average molecular weight is 358 g/mol. The van der Waals surface area contributed by atoms with Crippen LogP contribution in [-0.2, 0) is 16.1 Å². The van der Waals surface area contributed by atoms with Gasteiger partial charge < -0.3 is 14.6 Å². The van der Waals surface area contributed by atoms with Crippen molar-refractivity contribution in [3.63, 3.8) is 0 Å². The van der Waals surface area contributed by atoms with Gasteiger partial charge in [0.2, 0.25) is 11.8 Å². The second kappa shape index (κ2) is 8.17. The van der Waals surface area contributed by atoms with Crippen molar-refractivity contribution in [3.05, 3.63) is 48.0 Å². The van der Waals surface area contributed by atoms with Crippen molar-refractivity contribution in [3.8, 4) is 11.3 Å². The van der Waals surface area contributed by atoms with Gasteiger partial charge in [-0.25, -0.2) is 4.39 Å². The van der Waals surface area contributed by atoms with Crippen molar-refractivity contribution in [2.45, 2.75) is 32.7 Å². The van der Waals surface area contributed by atoms with E-state index in [1.165, 1.54) is 12.1 Å². The Morgan fingerprint density at radius 3 is 2.73 bits per heavy atom. The SMILES string of the molecule is CCC(=O)N1CCC[C@H](C(=O)NCc2ccc(-c3ccc(F)cc3)o2)C1. The number of nitrogens with one attached hydrogen (secondary N) is 1. The molecule has 0 aliphatic carbocycles. The maximum absolute atomic E-state index is 13.0. The monoisotopic (exact) mass is 358 g/mol. The number of hydrogen-bond donors (Lipinski definition) is 1. The number of amides is 2. The van der Waals surface area contributed by atoms with Crippen LogP contribution in [0.2, 0.25) is 0 Å². The molecule has 5 nitrogen and oxygen atoms in total. The van der Waals surface area contributed by atoms with Crippen molar-refractivity contribution in [1.82, 2.24) is 10.2 Å². The highest BCUT2D eigenvalue weighted by Crippen LogP contribution is 2.23. The zero-order chi connectivity index (χ0) is 18.5. The lowest BCUT2D eigenvalue weighted by Crippen LogP contribution is -2.45. The smallest absolute Gasteiger partial charge is 0.225 e. The van der Waals surface area contributed by atoms with Gasteiger partial charge in [-0.2, -0.15) is 0 Å². The number of rotatable bonds is 5. The van der Waals surface area contributed by atoms with E-state index >= 15 is 0 Å². The third-order valence-corrected chi connectivity index (χ3v) is 4.67. The van der Waals surface area contributed by atoms with E-state index in [-0.39, 0.29) is 30.1 Å². The average Bonchev–Trinajstić information content (AvgIpc) is 3.15. The Kier molecular flexibility index (Phi) is 5.71. The quantitative estimate of drug-likeness (QED) is 0.892. The molecule has 0 spiro atoms. The molecule has 1 aliphatic heterocycles. The third kappa shape index (κ3) is 4.31. The lowest BCUT2D eigenvalue weighted by Gasteiger charge is -2.31. The second-order valence-corrected chi connectivity index (χ2v) is 6.52. The van der Waals surface area contributed by atoms with E-state index in [0.717, 1.165) is 24.9 Å². The minimum absolute atomic E-state index is 0.0571. The Bertz CT molecular complexity index is 770. The number of furan rings is 1. The molecule has 2 heterocycles. The van der Waals surface area contributed by atoms with Crippen LogP contribution in [0, 0.1) is 11.7 Å². The molecule has 3 rings (SSSR count). The summed E-state index contributed by atoms with van der Waals surface area (Å²) in [5.74, 6) is 0.832. The van der Waals surface area contributed by atoms with Gasteiger partial charge in [0, 0.05) is 25.1 Å². The number of nitrogens with zero attached hydrogens (tertiary/aromatic N) is 1. The van der Waals surface area contributed by atoms with Gasteiger partial charge in [0.15, 0.2) is 0 Å². The molecular weight excluding hydrogens is 335 g/mol. The third-order valence-electron chi connectivity index (χ3n) is 4.67. The van der Waals surface area contributed by atoms with Gasteiger partial charge in [-0.05, 0) is 49.2 Å². The first-order valence-corrected chi connectivity index (χ1v) is 8.97. The number of piperidine rings is 1. The van der Waals surface area contributed by atoms with Gasteiger partial charge in [0.25, 0.3) is 0 Å². The van der Waals surface area contributed by atoms with Crippen LogP contribution >= 0.6 is 0 Å². The summed E-state index contributed by atoms with van der Waals surface area (Å²) in [4.78, 5) is 26.0. The van der Waals surface area contributed by atoms with Crippen LogP contribution in [0.3, 0.4) is 0 Å². The topological polar surface area (TPSA) is 62.6 Å². The molecule has 1 aromatic carbocycles. The molecule has 2 aromatic rings.